The van der Waals surface area contributed by atoms with Crippen LogP contribution in [0.1, 0.15) is 10.4 Å². The fraction of sp³-hybridized carbons (Fsp3) is 0.158. The van der Waals surface area contributed by atoms with Gasteiger partial charge in [0.1, 0.15) is 0 Å². The van der Waals surface area contributed by atoms with Crippen LogP contribution in [-0.4, -0.2) is 32.6 Å². The van der Waals surface area contributed by atoms with Gasteiger partial charge in [0.15, 0.2) is 0 Å². The summed E-state index contributed by atoms with van der Waals surface area (Å²) in [6.45, 7) is 3.93. The van der Waals surface area contributed by atoms with E-state index in [0.29, 0.717) is 23.5 Å². The average Bonchev–Trinajstić information content (AvgIpc) is 2.61. The molecule has 0 heterocycles. The lowest BCUT2D eigenvalue weighted by atomic mass is 10.1. The van der Waals surface area contributed by atoms with Gasteiger partial charge in [0.2, 0.25) is 0 Å². The van der Waals surface area contributed by atoms with E-state index in [1.807, 2.05) is 37.2 Å². The molecule has 0 aliphatic rings. The summed E-state index contributed by atoms with van der Waals surface area (Å²) in [7, 11) is 3.85. The molecule has 0 unspecified atom stereocenters. The van der Waals surface area contributed by atoms with Crippen molar-refractivity contribution in [1.82, 2.24) is 5.32 Å². The van der Waals surface area contributed by atoms with Crippen LogP contribution in [0.2, 0.25) is 0 Å². The number of nitrogens with zero attached hydrogens (tertiary/aromatic N) is 1. The lowest BCUT2D eigenvalue weighted by Gasteiger charge is -2.13. The molecule has 2 rings (SSSR count). The van der Waals surface area contributed by atoms with Crippen LogP contribution in [0, 0.1) is 0 Å². The van der Waals surface area contributed by atoms with Gasteiger partial charge in [0, 0.05) is 43.3 Å². The summed E-state index contributed by atoms with van der Waals surface area (Å²) in [5.74, 6) is -0.187. The van der Waals surface area contributed by atoms with Gasteiger partial charge in [-0.2, -0.15) is 0 Å². The number of nitrogens with one attached hydrogen (secondary N) is 3. The highest BCUT2D eigenvalue weighted by Crippen LogP contribution is 2.17. The van der Waals surface area contributed by atoms with Gasteiger partial charge >= 0.3 is 6.03 Å². The van der Waals surface area contributed by atoms with E-state index >= 15 is 0 Å². The van der Waals surface area contributed by atoms with E-state index < -0.39 is 0 Å². The van der Waals surface area contributed by atoms with E-state index in [-0.39, 0.29) is 11.9 Å². The average molecular weight is 338 g/mol. The molecule has 0 aliphatic carbocycles. The summed E-state index contributed by atoms with van der Waals surface area (Å²) >= 11 is 0. The van der Waals surface area contributed by atoms with Gasteiger partial charge in [-0.05, 0) is 42.5 Å². The Morgan fingerprint density at radius 2 is 1.68 bits per heavy atom. The van der Waals surface area contributed by atoms with Crippen molar-refractivity contribution >= 4 is 29.0 Å². The number of anilines is 3. The van der Waals surface area contributed by atoms with Crippen LogP contribution in [0.15, 0.2) is 61.2 Å². The molecule has 130 valence electrons. The van der Waals surface area contributed by atoms with E-state index in [4.69, 9.17) is 0 Å². The molecular formula is C19H22N4O2. The first-order valence-electron chi connectivity index (χ1n) is 7.84. The van der Waals surface area contributed by atoms with Crippen molar-refractivity contribution in [3.05, 3.63) is 66.7 Å². The molecule has 0 atom stereocenters. The van der Waals surface area contributed by atoms with Crippen LogP contribution in [0.25, 0.3) is 0 Å². The van der Waals surface area contributed by atoms with E-state index in [1.54, 1.807) is 36.4 Å². The molecule has 0 fully saturated rings. The van der Waals surface area contributed by atoms with E-state index in [1.165, 1.54) is 0 Å². The minimum absolute atomic E-state index is 0.187. The largest absolute Gasteiger partial charge is 0.378 e. The lowest BCUT2D eigenvalue weighted by Crippen LogP contribution is -2.28. The Bertz CT molecular complexity index is 754. The Morgan fingerprint density at radius 1 is 1.04 bits per heavy atom. The van der Waals surface area contributed by atoms with Gasteiger partial charge in [-0.3, -0.25) is 4.79 Å². The van der Waals surface area contributed by atoms with Crippen LogP contribution < -0.4 is 20.9 Å². The van der Waals surface area contributed by atoms with E-state index in [0.717, 1.165) is 5.69 Å². The van der Waals surface area contributed by atoms with Crippen LogP contribution in [0.3, 0.4) is 0 Å². The normalized spacial score (nSPS) is 9.84. The molecule has 0 aliphatic heterocycles. The van der Waals surface area contributed by atoms with E-state index in [2.05, 4.69) is 22.5 Å². The van der Waals surface area contributed by atoms with Crippen LogP contribution in [0.5, 0.6) is 0 Å². The molecule has 2 aromatic rings. The third-order valence-corrected chi connectivity index (χ3v) is 3.43. The van der Waals surface area contributed by atoms with Crippen molar-refractivity contribution < 1.29 is 9.59 Å². The van der Waals surface area contributed by atoms with Crippen LogP contribution in [-0.2, 0) is 0 Å². The number of hydrogen-bond acceptors (Lipinski definition) is 3. The number of hydrogen-bond donors (Lipinski definition) is 3. The number of rotatable bonds is 6. The second-order valence-corrected chi connectivity index (χ2v) is 5.60. The molecule has 0 radical (unpaired) electrons. The molecule has 6 nitrogen and oxygen atoms in total. The van der Waals surface area contributed by atoms with E-state index in [9.17, 15) is 9.59 Å². The third-order valence-electron chi connectivity index (χ3n) is 3.43. The molecule has 3 N–H and O–H groups in total. The van der Waals surface area contributed by atoms with Crippen molar-refractivity contribution in [2.45, 2.75) is 0 Å². The number of amides is 3. The lowest BCUT2D eigenvalue weighted by molar-refractivity contribution is 0.102. The maximum Gasteiger partial charge on any atom is 0.319 e. The Balaban J connectivity index is 1.98. The van der Waals surface area contributed by atoms with Crippen LogP contribution in [0.4, 0.5) is 21.9 Å². The highest BCUT2D eigenvalue weighted by molar-refractivity contribution is 6.05. The number of carbonyl (C=O) groups excluding carboxylic acids is 2. The molecule has 0 saturated carbocycles. The maximum atomic E-state index is 12.4. The summed E-state index contributed by atoms with van der Waals surface area (Å²) < 4.78 is 0. The molecule has 0 aromatic heterocycles. The number of carbonyl (C=O) groups is 2. The zero-order valence-electron chi connectivity index (χ0n) is 14.4. The molecule has 6 heteroatoms. The zero-order valence-corrected chi connectivity index (χ0v) is 14.4. The standard InChI is InChI=1S/C19H22N4O2/c1-4-12-20-19(25)22-16-10-8-15(9-11-16)21-18(24)14-6-5-7-17(13-14)23(2)3/h4-11,13H,1,12H2,2-3H3,(H,21,24)(H2,20,22,25). The van der Waals surface area contributed by atoms with Crippen molar-refractivity contribution in [1.29, 1.82) is 0 Å². The fourth-order valence-electron chi connectivity index (χ4n) is 2.11. The Kier molecular flexibility index (Phi) is 6.17. The molecule has 0 saturated heterocycles. The molecule has 3 amide bonds. The van der Waals surface area contributed by atoms with Gasteiger partial charge in [0.25, 0.3) is 5.91 Å². The predicted octanol–water partition coefficient (Wildman–Crippen LogP) is 3.31. The number of urea groups is 1. The Hall–Kier alpha value is -3.28. The molecule has 2 aromatic carbocycles. The molecular weight excluding hydrogens is 316 g/mol. The van der Waals surface area contributed by atoms with Crippen molar-refractivity contribution in [3.8, 4) is 0 Å². The van der Waals surface area contributed by atoms with Gasteiger partial charge in [-0.25, -0.2) is 4.79 Å². The summed E-state index contributed by atoms with van der Waals surface area (Å²) in [6.07, 6.45) is 1.60. The Labute approximate surface area is 147 Å². The van der Waals surface area contributed by atoms with Gasteiger partial charge in [-0.15, -0.1) is 6.58 Å². The highest BCUT2D eigenvalue weighted by atomic mass is 16.2. The van der Waals surface area contributed by atoms with Gasteiger partial charge < -0.3 is 20.9 Å². The van der Waals surface area contributed by atoms with Crippen molar-refractivity contribution in [3.63, 3.8) is 0 Å². The monoisotopic (exact) mass is 338 g/mol. The SMILES string of the molecule is C=CCNC(=O)Nc1ccc(NC(=O)c2cccc(N(C)C)c2)cc1. The second kappa shape index (κ2) is 8.54. The first-order chi connectivity index (χ1) is 12.0. The van der Waals surface area contributed by atoms with Crippen molar-refractivity contribution in [2.75, 3.05) is 36.2 Å². The molecule has 25 heavy (non-hydrogen) atoms. The topological polar surface area (TPSA) is 73.5 Å². The fourth-order valence-corrected chi connectivity index (χ4v) is 2.11. The maximum absolute atomic E-state index is 12.4. The number of benzene rings is 2. The molecule has 0 spiro atoms. The Morgan fingerprint density at radius 3 is 2.28 bits per heavy atom. The van der Waals surface area contributed by atoms with Crippen LogP contribution >= 0.6 is 0 Å². The summed E-state index contributed by atoms with van der Waals surface area (Å²) in [4.78, 5) is 25.9. The summed E-state index contributed by atoms with van der Waals surface area (Å²) in [5, 5.41) is 8.15. The van der Waals surface area contributed by atoms with Gasteiger partial charge in [0.05, 0.1) is 0 Å². The predicted molar refractivity (Wildman–Crippen MR) is 102 cm³/mol. The quantitative estimate of drug-likeness (QED) is 0.708. The second-order valence-electron chi connectivity index (χ2n) is 5.60. The highest BCUT2D eigenvalue weighted by Gasteiger charge is 2.08. The molecule has 0 bridgehead atoms. The van der Waals surface area contributed by atoms with Gasteiger partial charge in [-0.1, -0.05) is 12.1 Å². The summed E-state index contributed by atoms with van der Waals surface area (Å²) in [6, 6.07) is 14.0. The smallest absolute Gasteiger partial charge is 0.319 e. The van der Waals surface area contributed by atoms with Crippen molar-refractivity contribution in [2.24, 2.45) is 0 Å². The first-order valence-corrected chi connectivity index (χ1v) is 7.84. The zero-order chi connectivity index (χ0) is 18.2. The minimum atomic E-state index is -0.308. The summed E-state index contributed by atoms with van der Waals surface area (Å²) in [5.41, 5.74) is 2.82. The minimum Gasteiger partial charge on any atom is -0.378 e. The third kappa shape index (κ3) is 5.39. The first kappa shape index (κ1) is 18.1.